The summed E-state index contributed by atoms with van der Waals surface area (Å²) in [6.45, 7) is 4.31. The first-order valence-corrected chi connectivity index (χ1v) is 7.64. The molecule has 0 saturated carbocycles. The Kier molecular flexibility index (Phi) is 5.56. The smallest absolute Gasteiger partial charge is 0.213 e. The molecule has 0 aliphatic carbocycles. The Morgan fingerprint density at radius 3 is 2.90 bits per heavy atom. The number of likely N-dealkylation sites (tertiary alicyclic amines) is 1. The van der Waals surface area contributed by atoms with E-state index in [1.54, 1.807) is 7.11 Å². The highest BCUT2D eigenvalue weighted by molar-refractivity contribution is 5.15. The molecule has 1 aromatic heterocycles. The average Bonchev–Trinajstić information content (AvgIpc) is 2.50. The summed E-state index contributed by atoms with van der Waals surface area (Å²) in [6.07, 6.45) is 2.19. The second-order valence-electron chi connectivity index (χ2n) is 5.94. The number of pyridine rings is 1. The predicted molar refractivity (Wildman–Crippen MR) is 81.1 cm³/mol. The summed E-state index contributed by atoms with van der Waals surface area (Å²) in [5.74, 6) is 0.612. The molecule has 0 spiro atoms. The second-order valence-corrected chi connectivity index (χ2v) is 5.94. The SMILES string of the molecule is CCC[C@]1(CO)CCN(Cc2cccc(OC)n2)C[C@H]1O. The molecule has 2 N–H and O–H groups in total. The molecular formula is C16H26N2O3. The summed E-state index contributed by atoms with van der Waals surface area (Å²) < 4.78 is 5.14. The van der Waals surface area contributed by atoms with E-state index in [0.717, 1.165) is 31.5 Å². The van der Waals surface area contributed by atoms with E-state index in [1.807, 2.05) is 18.2 Å². The first kappa shape index (κ1) is 16.2. The quantitative estimate of drug-likeness (QED) is 0.831. The number of piperidine rings is 1. The van der Waals surface area contributed by atoms with Crippen LogP contribution in [0.5, 0.6) is 5.88 Å². The van der Waals surface area contributed by atoms with Gasteiger partial charge in [-0.05, 0) is 25.5 Å². The van der Waals surface area contributed by atoms with Gasteiger partial charge in [-0.15, -0.1) is 0 Å². The Morgan fingerprint density at radius 1 is 1.48 bits per heavy atom. The van der Waals surface area contributed by atoms with Crippen LogP contribution in [0.15, 0.2) is 18.2 Å². The van der Waals surface area contributed by atoms with Crippen LogP contribution in [0.1, 0.15) is 31.9 Å². The Hall–Kier alpha value is -1.17. The van der Waals surface area contributed by atoms with Gasteiger partial charge in [-0.1, -0.05) is 19.4 Å². The number of hydrogen-bond acceptors (Lipinski definition) is 5. The molecular weight excluding hydrogens is 268 g/mol. The van der Waals surface area contributed by atoms with Gasteiger partial charge in [0, 0.05) is 24.6 Å². The van der Waals surface area contributed by atoms with Gasteiger partial charge in [0.1, 0.15) is 0 Å². The van der Waals surface area contributed by atoms with Crippen molar-refractivity contribution in [3.05, 3.63) is 23.9 Å². The third kappa shape index (κ3) is 3.73. The molecule has 1 saturated heterocycles. The van der Waals surface area contributed by atoms with Crippen LogP contribution in [0.25, 0.3) is 0 Å². The first-order chi connectivity index (χ1) is 10.1. The number of aliphatic hydroxyl groups excluding tert-OH is 2. The zero-order valence-corrected chi connectivity index (χ0v) is 13.0. The van der Waals surface area contributed by atoms with Crippen molar-refractivity contribution in [1.29, 1.82) is 0 Å². The Morgan fingerprint density at radius 2 is 2.29 bits per heavy atom. The highest BCUT2D eigenvalue weighted by atomic mass is 16.5. The van der Waals surface area contributed by atoms with E-state index >= 15 is 0 Å². The molecule has 1 aliphatic heterocycles. The number of hydrogen-bond donors (Lipinski definition) is 2. The summed E-state index contributed by atoms with van der Waals surface area (Å²) in [5, 5.41) is 20.1. The highest BCUT2D eigenvalue weighted by Crippen LogP contribution is 2.36. The molecule has 21 heavy (non-hydrogen) atoms. The van der Waals surface area contributed by atoms with Crippen LogP contribution in [-0.2, 0) is 6.54 Å². The normalized spacial score (nSPS) is 26.8. The van der Waals surface area contributed by atoms with Crippen LogP contribution in [0.2, 0.25) is 0 Å². The number of ether oxygens (including phenoxy) is 1. The lowest BCUT2D eigenvalue weighted by atomic mass is 9.73. The van der Waals surface area contributed by atoms with Crippen LogP contribution >= 0.6 is 0 Å². The van der Waals surface area contributed by atoms with Crippen LogP contribution < -0.4 is 4.74 Å². The van der Waals surface area contributed by atoms with E-state index in [-0.39, 0.29) is 12.0 Å². The van der Waals surface area contributed by atoms with Crippen molar-refractivity contribution in [1.82, 2.24) is 9.88 Å². The third-order valence-corrected chi connectivity index (χ3v) is 4.50. The van der Waals surface area contributed by atoms with Gasteiger partial charge >= 0.3 is 0 Å². The number of aliphatic hydroxyl groups is 2. The lowest BCUT2D eigenvalue weighted by Crippen LogP contribution is -2.52. The van der Waals surface area contributed by atoms with E-state index in [0.29, 0.717) is 19.0 Å². The van der Waals surface area contributed by atoms with Crippen molar-refractivity contribution in [3.8, 4) is 5.88 Å². The van der Waals surface area contributed by atoms with Gasteiger partial charge in [-0.3, -0.25) is 4.90 Å². The van der Waals surface area contributed by atoms with Crippen molar-refractivity contribution < 1.29 is 14.9 Å². The Bertz CT molecular complexity index is 455. The van der Waals surface area contributed by atoms with Gasteiger partial charge in [0.2, 0.25) is 5.88 Å². The molecule has 5 heteroatoms. The zero-order valence-electron chi connectivity index (χ0n) is 13.0. The fourth-order valence-corrected chi connectivity index (χ4v) is 3.16. The predicted octanol–water partition coefficient (Wildman–Crippen LogP) is 1.44. The maximum Gasteiger partial charge on any atom is 0.213 e. The van der Waals surface area contributed by atoms with Crippen LogP contribution in [0.3, 0.4) is 0 Å². The van der Waals surface area contributed by atoms with Crippen LogP contribution in [0, 0.1) is 5.41 Å². The van der Waals surface area contributed by atoms with Crippen molar-refractivity contribution in [2.75, 3.05) is 26.8 Å². The number of aromatic nitrogens is 1. The minimum Gasteiger partial charge on any atom is -0.481 e. The van der Waals surface area contributed by atoms with Crippen molar-refractivity contribution >= 4 is 0 Å². The van der Waals surface area contributed by atoms with Crippen molar-refractivity contribution in [2.24, 2.45) is 5.41 Å². The van der Waals surface area contributed by atoms with Crippen LogP contribution in [-0.4, -0.2) is 53.0 Å². The maximum atomic E-state index is 10.5. The standard InChI is InChI=1S/C16H26N2O3/c1-3-7-16(12-19)8-9-18(11-14(16)20)10-13-5-4-6-15(17-13)21-2/h4-6,14,19-20H,3,7-12H2,1-2H3/t14-,16-/m1/s1. The molecule has 2 heterocycles. The second kappa shape index (κ2) is 7.20. The summed E-state index contributed by atoms with van der Waals surface area (Å²) in [7, 11) is 1.61. The van der Waals surface area contributed by atoms with E-state index < -0.39 is 6.10 Å². The topological polar surface area (TPSA) is 65.8 Å². The molecule has 0 bridgehead atoms. The van der Waals surface area contributed by atoms with E-state index in [4.69, 9.17) is 4.74 Å². The molecule has 2 atom stereocenters. The first-order valence-electron chi connectivity index (χ1n) is 7.64. The molecule has 1 aromatic rings. The summed E-state index contributed by atoms with van der Waals surface area (Å²) >= 11 is 0. The van der Waals surface area contributed by atoms with Gasteiger partial charge in [0.25, 0.3) is 0 Å². The monoisotopic (exact) mass is 294 g/mol. The van der Waals surface area contributed by atoms with Gasteiger partial charge in [0.15, 0.2) is 0 Å². The minimum atomic E-state index is -0.484. The molecule has 5 nitrogen and oxygen atoms in total. The Labute approximate surface area is 126 Å². The van der Waals surface area contributed by atoms with E-state index in [1.165, 1.54) is 0 Å². The molecule has 1 aliphatic rings. The lowest BCUT2D eigenvalue weighted by Gasteiger charge is -2.44. The molecule has 0 aromatic carbocycles. The number of rotatable bonds is 6. The van der Waals surface area contributed by atoms with Crippen LogP contribution in [0.4, 0.5) is 0 Å². The molecule has 2 rings (SSSR count). The van der Waals surface area contributed by atoms with E-state index in [9.17, 15) is 10.2 Å². The summed E-state index contributed by atoms with van der Waals surface area (Å²) in [4.78, 5) is 6.60. The fourth-order valence-electron chi connectivity index (χ4n) is 3.16. The largest absolute Gasteiger partial charge is 0.481 e. The number of nitrogens with zero attached hydrogens (tertiary/aromatic N) is 2. The minimum absolute atomic E-state index is 0.0628. The number of β-amino-alcohol motifs (C(OH)–C–C–N with tert-alkyl or cyclic N) is 1. The van der Waals surface area contributed by atoms with Gasteiger partial charge in [-0.2, -0.15) is 0 Å². The summed E-state index contributed by atoms with van der Waals surface area (Å²) in [5.41, 5.74) is 0.612. The van der Waals surface area contributed by atoms with Gasteiger partial charge in [-0.25, -0.2) is 4.98 Å². The zero-order chi connectivity index (χ0) is 15.3. The molecule has 118 valence electrons. The molecule has 0 radical (unpaired) electrons. The molecule has 0 unspecified atom stereocenters. The van der Waals surface area contributed by atoms with E-state index in [2.05, 4.69) is 16.8 Å². The maximum absolute atomic E-state index is 10.5. The molecule has 1 fully saturated rings. The third-order valence-electron chi connectivity index (χ3n) is 4.50. The Balaban J connectivity index is 1.98. The number of methoxy groups -OCH3 is 1. The highest BCUT2D eigenvalue weighted by Gasteiger charge is 2.40. The fraction of sp³-hybridized carbons (Fsp3) is 0.688. The summed E-state index contributed by atoms with van der Waals surface area (Å²) in [6, 6.07) is 5.72. The van der Waals surface area contributed by atoms with Crippen molar-refractivity contribution in [3.63, 3.8) is 0 Å². The lowest BCUT2D eigenvalue weighted by molar-refractivity contribution is -0.0804. The van der Waals surface area contributed by atoms with Gasteiger partial charge in [0.05, 0.1) is 25.5 Å². The van der Waals surface area contributed by atoms with Gasteiger partial charge < -0.3 is 14.9 Å². The average molecular weight is 294 g/mol. The molecule has 0 amide bonds. The van der Waals surface area contributed by atoms with Crippen molar-refractivity contribution in [2.45, 2.75) is 38.8 Å².